The number of ether oxygens (including phenoxy) is 3. The zero-order chi connectivity index (χ0) is 15.8. The van der Waals surface area contributed by atoms with Crippen molar-refractivity contribution in [3.05, 3.63) is 16.6 Å². The van der Waals surface area contributed by atoms with Gasteiger partial charge in [-0.2, -0.15) is 0 Å². The number of carbonyl (C=O) groups is 1. The molecule has 0 aliphatic heterocycles. The van der Waals surface area contributed by atoms with Gasteiger partial charge in [-0.3, -0.25) is 4.79 Å². The molecule has 8 heteroatoms. The van der Waals surface area contributed by atoms with E-state index in [0.717, 1.165) is 0 Å². The van der Waals surface area contributed by atoms with E-state index in [1.807, 2.05) is 13.8 Å². The second-order valence-electron chi connectivity index (χ2n) is 4.20. The van der Waals surface area contributed by atoms with Crippen LogP contribution in [0.15, 0.2) is 16.6 Å². The Kier molecular flexibility index (Phi) is 10.2. The van der Waals surface area contributed by atoms with Crippen LogP contribution in [0.2, 0.25) is 0 Å². The molecule has 1 aromatic rings. The molecule has 0 saturated heterocycles. The summed E-state index contributed by atoms with van der Waals surface area (Å²) in [5, 5.41) is 2.74. The van der Waals surface area contributed by atoms with Crippen molar-refractivity contribution in [1.29, 1.82) is 0 Å². The fraction of sp³-hybridized carbons (Fsp3) is 0.500. The van der Waals surface area contributed by atoms with E-state index in [4.69, 9.17) is 19.9 Å². The Morgan fingerprint density at radius 3 is 2.32 bits per heavy atom. The molecule has 0 bridgehead atoms. The van der Waals surface area contributed by atoms with E-state index in [2.05, 4.69) is 21.2 Å². The van der Waals surface area contributed by atoms with Crippen molar-refractivity contribution < 1.29 is 19.0 Å². The first kappa shape index (κ1) is 21.0. The molecule has 0 aromatic heterocycles. The predicted molar refractivity (Wildman–Crippen MR) is 92.2 cm³/mol. The first-order valence-electron chi connectivity index (χ1n) is 6.67. The lowest BCUT2D eigenvalue weighted by atomic mass is 10.2. The summed E-state index contributed by atoms with van der Waals surface area (Å²) in [6.45, 7) is 4.95. The van der Waals surface area contributed by atoms with Crippen LogP contribution < -0.4 is 20.5 Å². The van der Waals surface area contributed by atoms with Crippen molar-refractivity contribution in [3.63, 3.8) is 0 Å². The minimum Gasteiger partial charge on any atom is -0.490 e. The highest BCUT2D eigenvalue weighted by Crippen LogP contribution is 2.36. The quantitative estimate of drug-likeness (QED) is 0.704. The van der Waals surface area contributed by atoms with Crippen LogP contribution in [0.25, 0.3) is 0 Å². The number of amides is 1. The summed E-state index contributed by atoms with van der Waals surface area (Å²) in [5.74, 6) is 0.854. The van der Waals surface area contributed by atoms with E-state index >= 15 is 0 Å². The average Bonchev–Trinajstić information content (AvgIpc) is 2.44. The molecule has 1 aromatic carbocycles. The Labute approximate surface area is 145 Å². The molecule has 0 heterocycles. The molecule has 1 unspecified atom stereocenters. The zero-order valence-corrected chi connectivity index (χ0v) is 15.3. The highest BCUT2D eigenvalue weighted by atomic mass is 79.9. The summed E-state index contributed by atoms with van der Waals surface area (Å²) in [6.07, 6.45) is 0. The van der Waals surface area contributed by atoms with Crippen LogP contribution in [0.3, 0.4) is 0 Å². The summed E-state index contributed by atoms with van der Waals surface area (Å²) in [4.78, 5) is 11.9. The van der Waals surface area contributed by atoms with Gasteiger partial charge in [-0.25, -0.2) is 0 Å². The van der Waals surface area contributed by atoms with E-state index in [0.29, 0.717) is 34.9 Å². The highest BCUT2D eigenvalue weighted by Gasteiger charge is 2.17. The molecule has 3 N–H and O–H groups in total. The van der Waals surface area contributed by atoms with E-state index in [9.17, 15) is 4.79 Å². The lowest BCUT2D eigenvalue weighted by Gasteiger charge is -2.16. The molecule has 0 aliphatic carbocycles. The van der Waals surface area contributed by atoms with E-state index in [-0.39, 0.29) is 24.9 Å². The van der Waals surface area contributed by atoms with Gasteiger partial charge in [0.1, 0.15) is 6.04 Å². The first-order valence-corrected chi connectivity index (χ1v) is 7.47. The highest BCUT2D eigenvalue weighted by molar-refractivity contribution is 9.10. The summed E-state index contributed by atoms with van der Waals surface area (Å²) in [5.41, 5.74) is 6.26. The van der Waals surface area contributed by atoms with Gasteiger partial charge >= 0.3 is 0 Å². The lowest BCUT2D eigenvalue weighted by Crippen LogP contribution is -2.39. The number of benzene rings is 1. The molecule has 0 spiro atoms. The van der Waals surface area contributed by atoms with Crippen LogP contribution in [-0.4, -0.2) is 38.9 Å². The topological polar surface area (TPSA) is 82.8 Å². The normalized spacial score (nSPS) is 11.3. The minimum absolute atomic E-state index is 0. The number of hydrogen-bond donors (Lipinski definition) is 2. The van der Waals surface area contributed by atoms with E-state index in [1.165, 1.54) is 7.11 Å². The van der Waals surface area contributed by atoms with Crippen LogP contribution in [0.5, 0.6) is 11.5 Å². The Balaban J connectivity index is 0.00000441. The molecule has 0 saturated carbocycles. The van der Waals surface area contributed by atoms with E-state index in [1.54, 1.807) is 12.1 Å². The zero-order valence-electron chi connectivity index (χ0n) is 12.8. The largest absolute Gasteiger partial charge is 0.490 e. The Morgan fingerprint density at radius 1 is 1.27 bits per heavy atom. The van der Waals surface area contributed by atoms with Crippen LogP contribution >= 0.6 is 28.3 Å². The van der Waals surface area contributed by atoms with Crippen molar-refractivity contribution in [2.45, 2.75) is 19.9 Å². The van der Waals surface area contributed by atoms with Crippen molar-refractivity contribution in [3.8, 4) is 11.5 Å². The Hall–Kier alpha value is -1.02. The third-order valence-corrected chi connectivity index (χ3v) is 3.23. The number of carbonyl (C=O) groups excluding carboxylic acids is 1. The molecule has 1 rings (SSSR count). The number of halogens is 2. The van der Waals surface area contributed by atoms with Gasteiger partial charge in [-0.1, -0.05) is 0 Å². The van der Waals surface area contributed by atoms with Crippen molar-refractivity contribution >= 4 is 39.9 Å². The molecular formula is C14H22BrClN2O4. The van der Waals surface area contributed by atoms with Crippen LogP contribution in [0.4, 0.5) is 5.69 Å². The van der Waals surface area contributed by atoms with Crippen molar-refractivity contribution in [2.24, 2.45) is 5.73 Å². The molecule has 1 atom stereocenters. The smallest absolute Gasteiger partial charge is 0.243 e. The number of methoxy groups -OCH3 is 1. The maximum Gasteiger partial charge on any atom is 0.243 e. The lowest BCUT2D eigenvalue weighted by molar-refractivity contribution is -0.118. The van der Waals surface area contributed by atoms with Gasteiger partial charge in [0.2, 0.25) is 5.91 Å². The SMILES string of the molecule is CCOc1cc(Br)c(NC(=O)C(N)COC)cc1OCC.Cl. The maximum absolute atomic E-state index is 11.9. The molecule has 0 fully saturated rings. The Bertz CT molecular complexity index is 488. The fourth-order valence-corrected chi connectivity index (χ4v) is 2.07. The molecular weight excluding hydrogens is 376 g/mol. The van der Waals surface area contributed by atoms with Gasteiger partial charge in [-0.15, -0.1) is 12.4 Å². The Morgan fingerprint density at radius 2 is 1.82 bits per heavy atom. The second-order valence-corrected chi connectivity index (χ2v) is 5.05. The summed E-state index contributed by atoms with van der Waals surface area (Å²) >= 11 is 3.40. The van der Waals surface area contributed by atoms with Gasteiger partial charge in [0.05, 0.1) is 25.5 Å². The van der Waals surface area contributed by atoms with E-state index < -0.39 is 6.04 Å². The fourth-order valence-electron chi connectivity index (χ4n) is 1.65. The van der Waals surface area contributed by atoms with Crippen molar-refractivity contribution in [1.82, 2.24) is 0 Å². The monoisotopic (exact) mass is 396 g/mol. The molecule has 0 radical (unpaired) electrons. The number of rotatable bonds is 8. The van der Waals surface area contributed by atoms with Crippen LogP contribution in [0, 0.1) is 0 Å². The van der Waals surface area contributed by atoms with Crippen LogP contribution in [0.1, 0.15) is 13.8 Å². The number of anilines is 1. The molecule has 1 amide bonds. The third kappa shape index (κ3) is 6.00. The van der Waals surface area contributed by atoms with Crippen molar-refractivity contribution in [2.75, 3.05) is 32.2 Å². The summed E-state index contributed by atoms with van der Waals surface area (Å²) in [7, 11) is 1.49. The second kappa shape index (κ2) is 10.7. The summed E-state index contributed by atoms with van der Waals surface area (Å²) in [6, 6.07) is 2.73. The average molecular weight is 398 g/mol. The van der Waals surface area contributed by atoms with Crippen LogP contribution in [-0.2, 0) is 9.53 Å². The van der Waals surface area contributed by atoms with Gasteiger partial charge in [-0.05, 0) is 29.8 Å². The first-order chi connectivity index (χ1) is 10.0. The molecule has 22 heavy (non-hydrogen) atoms. The van der Waals surface area contributed by atoms with Gasteiger partial charge in [0, 0.05) is 23.7 Å². The number of nitrogens with two attached hydrogens (primary N) is 1. The predicted octanol–water partition coefficient (Wildman–Crippen LogP) is 2.58. The third-order valence-electron chi connectivity index (χ3n) is 2.57. The molecule has 126 valence electrons. The van der Waals surface area contributed by atoms with Gasteiger partial charge in [0.15, 0.2) is 11.5 Å². The molecule has 0 aliphatic rings. The standard InChI is InChI=1S/C14H21BrN2O4.ClH/c1-4-20-12-6-9(15)11(7-13(12)21-5-2)17-14(18)10(16)8-19-3;/h6-7,10H,4-5,8,16H2,1-3H3,(H,17,18);1H. The van der Waals surface area contributed by atoms with Gasteiger partial charge in [0.25, 0.3) is 0 Å². The number of hydrogen-bond acceptors (Lipinski definition) is 5. The van der Waals surface area contributed by atoms with Gasteiger partial charge < -0.3 is 25.3 Å². The number of nitrogens with one attached hydrogen (secondary N) is 1. The maximum atomic E-state index is 11.9. The summed E-state index contributed by atoms with van der Waals surface area (Å²) < 4.78 is 16.6. The molecule has 6 nitrogen and oxygen atoms in total. The minimum atomic E-state index is -0.732.